The summed E-state index contributed by atoms with van der Waals surface area (Å²) >= 11 is 0. The first kappa shape index (κ1) is 10.5. The maximum absolute atomic E-state index is 4.77. The summed E-state index contributed by atoms with van der Waals surface area (Å²) in [7, 11) is 1.95. The Balaban J connectivity index is 2.24. The summed E-state index contributed by atoms with van der Waals surface area (Å²) in [5, 5.41) is 4.25. The summed E-state index contributed by atoms with van der Waals surface area (Å²) in [6.45, 7) is 4.30. The highest BCUT2D eigenvalue weighted by atomic mass is 15.2. The fourth-order valence-electron chi connectivity index (χ4n) is 2.74. The Bertz CT molecular complexity index is 581. The SMILES string of the molecule is Cc1nc(-c2cnn(C)c2)c2c(c1C)CCC2. The Morgan fingerprint density at radius 3 is 2.65 bits per heavy atom. The summed E-state index contributed by atoms with van der Waals surface area (Å²) in [6.07, 6.45) is 7.59. The van der Waals surface area contributed by atoms with Gasteiger partial charge in [0.15, 0.2) is 0 Å². The number of rotatable bonds is 1. The van der Waals surface area contributed by atoms with Gasteiger partial charge >= 0.3 is 0 Å². The van der Waals surface area contributed by atoms with Gasteiger partial charge in [-0.2, -0.15) is 5.10 Å². The van der Waals surface area contributed by atoms with Crippen LogP contribution in [0.25, 0.3) is 11.3 Å². The van der Waals surface area contributed by atoms with Gasteiger partial charge in [0.1, 0.15) is 0 Å². The fourth-order valence-corrected chi connectivity index (χ4v) is 2.74. The van der Waals surface area contributed by atoms with Crippen LogP contribution in [0.15, 0.2) is 12.4 Å². The van der Waals surface area contributed by atoms with Gasteiger partial charge in [-0.15, -0.1) is 0 Å². The third-order valence-corrected chi connectivity index (χ3v) is 3.76. The van der Waals surface area contributed by atoms with Crippen LogP contribution < -0.4 is 0 Å². The monoisotopic (exact) mass is 227 g/mol. The topological polar surface area (TPSA) is 30.7 Å². The molecular formula is C14H17N3. The molecule has 2 aromatic heterocycles. The fraction of sp³-hybridized carbons (Fsp3) is 0.429. The van der Waals surface area contributed by atoms with Crippen LogP contribution in [-0.4, -0.2) is 14.8 Å². The molecule has 0 saturated heterocycles. The minimum Gasteiger partial charge on any atom is -0.275 e. The van der Waals surface area contributed by atoms with Gasteiger partial charge in [0.2, 0.25) is 0 Å². The Hall–Kier alpha value is -1.64. The van der Waals surface area contributed by atoms with E-state index in [1.165, 1.54) is 29.5 Å². The van der Waals surface area contributed by atoms with E-state index in [2.05, 4.69) is 25.1 Å². The van der Waals surface area contributed by atoms with E-state index in [0.717, 1.165) is 23.4 Å². The summed E-state index contributed by atoms with van der Waals surface area (Å²) in [5.74, 6) is 0. The van der Waals surface area contributed by atoms with Crippen molar-refractivity contribution in [3.05, 3.63) is 34.8 Å². The molecule has 0 atom stereocenters. The van der Waals surface area contributed by atoms with Gasteiger partial charge in [0, 0.05) is 24.5 Å². The Labute approximate surface area is 101 Å². The molecule has 0 N–H and O–H groups in total. The maximum Gasteiger partial charge on any atom is 0.0771 e. The normalized spacial score (nSPS) is 14.1. The molecule has 3 rings (SSSR count). The molecule has 2 aromatic rings. The van der Waals surface area contributed by atoms with Gasteiger partial charge < -0.3 is 0 Å². The first-order valence-corrected chi connectivity index (χ1v) is 6.15. The quantitative estimate of drug-likeness (QED) is 0.749. The van der Waals surface area contributed by atoms with E-state index in [1.807, 2.05) is 17.9 Å². The third-order valence-electron chi connectivity index (χ3n) is 3.76. The zero-order valence-electron chi connectivity index (χ0n) is 10.6. The number of fused-ring (bicyclic) bond motifs is 1. The van der Waals surface area contributed by atoms with Crippen LogP contribution in [0.1, 0.15) is 28.8 Å². The van der Waals surface area contributed by atoms with Crippen LogP contribution >= 0.6 is 0 Å². The number of aromatic nitrogens is 3. The Morgan fingerprint density at radius 1 is 1.18 bits per heavy atom. The smallest absolute Gasteiger partial charge is 0.0771 e. The zero-order valence-corrected chi connectivity index (χ0v) is 10.6. The van der Waals surface area contributed by atoms with E-state index in [4.69, 9.17) is 4.98 Å². The van der Waals surface area contributed by atoms with Crippen molar-refractivity contribution >= 4 is 0 Å². The zero-order chi connectivity index (χ0) is 12.0. The summed E-state index contributed by atoms with van der Waals surface area (Å²) in [5.41, 5.74) is 7.80. The molecule has 17 heavy (non-hydrogen) atoms. The average molecular weight is 227 g/mol. The van der Waals surface area contributed by atoms with Crippen molar-refractivity contribution in [2.45, 2.75) is 33.1 Å². The summed E-state index contributed by atoms with van der Waals surface area (Å²) in [6, 6.07) is 0. The molecular weight excluding hydrogens is 210 g/mol. The predicted octanol–water partition coefficient (Wildman–Crippen LogP) is 2.59. The van der Waals surface area contributed by atoms with E-state index < -0.39 is 0 Å². The first-order chi connectivity index (χ1) is 8.16. The van der Waals surface area contributed by atoms with Gasteiger partial charge in [-0.3, -0.25) is 9.67 Å². The summed E-state index contributed by atoms with van der Waals surface area (Å²) < 4.78 is 1.84. The molecule has 0 unspecified atom stereocenters. The highest BCUT2D eigenvalue weighted by Gasteiger charge is 2.21. The van der Waals surface area contributed by atoms with Crippen LogP contribution in [0.5, 0.6) is 0 Å². The van der Waals surface area contributed by atoms with E-state index in [-0.39, 0.29) is 0 Å². The Morgan fingerprint density at radius 2 is 1.94 bits per heavy atom. The predicted molar refractivity (Wildman–Crippen MR) is 67.9 cm³/mol. The van der Waals surface area contributed by atoms with Crippen molar-refractivity contribution in [2.24, 2.45) is 7.05 Å². The van der Waals surface area contributed by atoms with E-state index in [0.29, 0.717) is 0 Å². The number of hydrogen-bond donors (Lipinski definition) is 0. The number of pyridine rings is 1. The molecule has 3 nitrogen and oxygen atoms in total. The van der Waals surface area contributed by atoms with E-state index in [9.17, 15) is 0 Å². The lowest BCUT2D eigenvalue weighted by Gasteiger charge is -2.11. The van der Waals surface area contributed by atoms with Crippen LogP contribution in [0, 0.1) is 13.8 Å². The molecule has 0 amide bonds. The van der Waals surface area contributed by atoms with E-state index in [1.54, 1.807) is 0 Å². The second kappa shape index (κ2) is 3.69. The van der Waals surface area contributed by atoms with Crippen LogP contribution in [0.3, 0.4) is 0 Å². The second-order valence-electron chi connectivity index (χ2n) is 4.88. The van der Waals surface area contributed by atoms with Gasteiger partial charge in [-0.25, -0.2) is 0 Å². The number of nitrogens with zero attached hydrogens (tertiary/aromatic N) is 3. The van der Waals surface area contributed by atoms with Crippen molar-refractivity contribution in [1.82, 2.24) is 14.8 Å². The standard InChI is InChI=1S/C14H17N3/c1-9-10(2)16-14(11-7-15-17(3)8-11)13-6-4-5-12(9)13/h7-8H,4-6H2,1-3H3. The third kappa shape index (κ3) is 1.57. The lowest BCUT2D eigenvalue weighted by Crippen LogP contribution is -1.99. The molecule has 3 heteroatoms. The van der Waals surface area contributed by atoms with Crippen LogP contribution in [0.4, 0.5) is 0 Å². The van der Waals surface area contributed by atoms with E-state index >= 15 is 0 Å². The van der Waals surface area contributed by atoms with Crippen molar-refractivity contribution in [3.63, 3.8) is 0 Å². The molecule has 88 valence electrons. The largest absolute Gasteiger partial charge is 0.275 e. The Kier molecular flexibility index (Phi) is 2.28. The van der Waals surface area contributed by atoms with Gasteiger partial charge in [0.05, 0.1) is 11.9 Å². The molecule has 0 aliphatic heterocycles. The van der Waals surface area contributed by atoms with Crippen molar-refractivity contribution < 1.29 is 0 Å². The lowest BCUT2D eigenvalue weighted by molar-refractivity contribution is 0.768. The molecule has 0 fully saturated rings. The maximum atomic E-state index is 4.77. The van der Waals surface area contributed by atoms with Crippen LogP contribution in [0.2, 0.25) is 0 Å². The van der Waals surface area contributed by atoms with Crippen molar-refractivity contribution in [3.8, 4) is 11.3 Å². The van der Waals surface area contributed by atoms with Crippen molar-refractivity contribution in [2.75, 3.05) is 0 Å². The number of aryl methyl sites for hydroxylation is 2. The molecule has 0 aromatic carbocycles. The molecule has 1 aliphatic carbocycles. The minimum atomic E-state index is 1.15. The highest BCUT2D eigenvalue weighted by molar-refractivity contribution is 5.65. The van der Waals surface area contributed by atoms with Crippen molar-refractivity contribution in [1.29, 1.82) is 0 Å². The van der Waals surface area contributed by atoms with Gasteiger partial charge in [-0.05, 0) is 49.8 Å². The molecule has 1 aliphatic rings. The summed E-state index contributed by atoms with van der Waals surface area (Å²) in [4.78, 5) is 4.77. The van der Waals surface area contributed by atoms with Crippen LogP contribution in [-0.2, 0) is 19.9 Å². The highest BCUT2D eigenvalue weighted by Crippen LogP contribution is 2.33. The molecule has 0 bridgehead atoms. The lowest BCUT2D eigenvalue weighted by atomic mass is 10.00. The second-order valence-corrected chi connectivity index (χ2v) is 4.88. The molecule has 0 spiro atoms. The minimum absolute atomic E-state index is 1.15. The molecule has 2 heterocycles. The molecule has 0 saturated carbocycles. The van der Waals surface area contributed by atoms with Gasteiger partial charge in [0.25, 0.3) is 0 Å². The van der Waals surface area contributed by atoms with Gasteiger partial charge in [-0.1, -0.05) is 0 Å². The average Bonchev–Trinajstić information content (AvgIpc) is 2.92. The molecule has 0 radical (unpaired) electrons. The number of hydrogen-bond acceptors (Lipinski definition) is 2. The first-order valence-electron chi connectivity index (χ1n) is 6.15.